The third kappa shape index (κ3) is 3.55. The molecule has 1 saturated carbocycles. The van der Waals surface area contributed by atoms with Gasteiger partial charge in [-0.1, -0.05) is 18.2 Å². The van der Waals surface area contributed by atoms with Gasteiger partial charge < -0.3 is 0 Å². The summed E-state index contributed by atoms with van der Waals surface area (Å²) in [7, 11) is 1.54. The van der Waals surface area contributed by atoms with Crippen LogP contribution in [0.2, 0.25) is 0 Å². The maximum absolute atomic E-state index is 13.9. The van der Waals surface area contributed by atoms with Crippen molar-refractivity contribution in [3.63, 3.8) is 0 Å². The molecule has 24 heavy (non-hydrogen) atoms. The zero-order valence-corrected chi connectivity index (χ0v) is 13.5. The van der Waals surface area contributed by atoms with Crippen LogP contribution in [0.4, 0.5) is 13.2 Å². The SMILES string of the molecule is Cn1nc(Cc2ccccc2F)n(CC2CCC(F)(F)CC2)c1=O. The molecule has 1 aliphatic rings. The lowest BCUT2D eigenvalue weighted by Gasteiger charge is -2.28. The standard InChI is InChI=1S/C17H20F3N3O/c1-22-16(24)23(11-12-6-8-17(19,20)9-7-12)15(21-22)10-13-4-2-3-5-14(13)18/h2-5,12H,6-11H2,1H3. The summed E-state index contributed by atoms with van der Waals surface area (Å²) >= 11 is 0. The van der Waals surface area contributed by atoms with Crippen LogP contribution >= 0.6 is 0 Å². The number of alkyl halides is 2. The molecule has 1 heterocycles. The van der Waals surface area contributed by atoms with Crippen molar-refractivity contribution in [3.8, 4) is 0 Å². The third-order valence-electron chi connectivity index (χ3n) is 4.67. The van der Waals surface area contributed by atoms with Gasteiger partial charge in [0.25, 0.3) is 0 Å². The Morgan fingerprint density at radius 1 is 1.25 bits per heavy atom. The molecule has 0 atom stereocenters. The first kappa shape index (κ1) is 16.8. The van der Waals surface area contributed by atoms with Crippen molar-refractivity contribution in [3.05, 3.63) is 52.0 Å². The highest BCUT2D eigenvalue weighted by Crippen LogP contribution is 2.36. The van der Waals surface area contributed by atoms with Crippen molar-refractivity contribution >= 4 is 0 Å². The van der Waals surface area contributed by atoms with Gasteiger partial charge in [-0.05, 0) is 30.4 Å². The topological polar surface area (TPSA) is 39.8 Å². The van der Waals surface area contributed by atoms with Crippen LogP contribution in [-0.2, 0) is 20.0 Å². The van der Waals surface area contributed by atoms with E-state index in [1.54, 1.807) is 25.2 Å². The van der Waals surface area contributed by atoms with E-state index in [2.05, 4.69) is 5.10 Å². The predicted molar refractivity (Wildman–Crippen MR) is 83.6 cm³/mol. The van der Waals surface area contributed by atoms with Crippen LogP contribution in [0.5, 0.6) is 0 Å². The molecule has 0 unspecified atom stereocenters. The fourth-order valence-electron chi connectivity index (χ4n) is 3.22. The molecule has 1 aromatic heterocycles. The van der Waals surface area contributed by atoms with Crippen molar-refractivity contribution in [2.24, 2.45) is 13.0 Å². The number of aromatic nitrogens is 3. The number of nitrogens with zero attached hydrogens (tertiary/aromatic N) is 3. The largest absolute Gasteiger partial charge is 0.345 e. The Kier molecular flexibility index (Phi) is 4.51. The van der Waals surface area contributed by atoms with Crippen LogP contribution in [0.15, 0.2) is 29.1 Å². The lowest BCUT2D eigenvalue weighted by atomic mass is 9.86. The van der Waals surface area contributed by atoms with E-state index < -0.39 is 5.92 Å². The molecule has 0 radical (unpaired) electrons. The van der Waals surface area contributed by atoms with Gasteiger partial charge in [0, 0.05) is 32.9 Å². The summed E-state index contributed by atoms with van der Waals surface area (Å²) in [5, 5.41) is 4.19. The molecular formula is C17H20F3N3O. The Labute approximate surface area is 137 Å². The quantitative estimate of drug-likeness (QED) is 0.858. The van der Waals surface area contributed by atoms with Gasteiger partial charge in [0.2, 0.25) is 5.92 Å². The van der Waals surface area contributed by atoms with E-state index in [4.69, 9.17) is 0 Å². The van der Waals surface area contributed by atoms with E-state index in [9.17, 15) is 18.0 Å². The van der Waals surface area contributed by atoms with Gasteiger partial charge in [0.15, 0.2) is 0 Å². The Balaban J connectivity index is 1.81. The van der Waals surface area contributed by atoms with Gasteiger partial charge in [-0.25, -0.2) is 22.6 Å². The lowest BCUT2D eigenvalue weighted by Crippen LogP contribution is -2.31. The van der Waals surface area contributed by atoms with Crippen molar-refractivity contribution in [1.82, 2.24) is 14.3 Å². The molecule has 1 fully saturated rings. The zero-order chi connectivity index (χ0) is 17.3. The third-order valence-corrected chi connectivity index (χ3v) is 4.67. The average molecular weight is 339 g/mol. The number of hydrogen-bond donors (Lipinski definition) is 0. The lowest BCUT2D eigenvalue weighted by molar-refractivity contribution is -0.0474. The minimum atomic E-state index is -2.59. The number of halogens is 3. The van der Waals surface area contributed by atoms with E-state index in [0.29, 0.717) is 30.8 Å². The molecule has 1 aromatic carbocycles. The molecule has 4 nitrogen and oxygen atoms in total. The fraction of sp³-hybridized carbons (Fsp3) is 0.529. The first-order valence-electron chi connectivity index (χ1n) is 8.10. The second-order valence-corrected chi connectivity index (χ2v) is 6.50. The number of hydrogen-bond acceptors (Lipinski definition) is 2. The van der Waals surface area contributed by atoms with Crippen molar-refractivity contribution in [2.75, 3.05) is 0 Å². The molecule has 1 aliphatic carbocycles. The van der Waals surface area contributed by atoms with Crippen LogP contribution in [0.25, 0.3) is 0 Å². The number of rotatable bonds is 4. The van der Waals surface area contributed by atoms with Crippen LogP contribution in [-0.4, -0.2) is 20.3 Å². The smallest absolute Gasteiger partial charge is 0.278 e. The molecule has 2 aromatic rings. The molecule has 130 valence electrons. The summed E-state index contributed by atoms with van der Waals surface area (Å²) in [4.78, 5) is 12.3. The van der Waals surface area contributed by atoms with Crippen molar-refractivity contribution in [1.29, 1.82) is 0 Å². The molecule has 7 heteroatoms. The summed E-state index contributed by atoms with van der Waals surface area (Å²) < 4.78 is 43.1. The van der Waals surface area contributed by atoms with Gasteiger partial charge in [0.1, 0.15) is 11.6 Å². The maximum Gasteiger partial charge on any atom is 0.345 e. The van der Waals surface area contributed by atoms with Crippen LogP contribution in [0, 0.1) is 11.7 Å². The Hall–Kier alpha value is -2.05. The van der Waals surface area contributed by atoms with Crippen LogP contribution in [0.3, 0.4) is 0 Å². The highest BCUT2D eigenvalue weighted by atomic mass is 19.3. The van der Waals surface area contributed by atoms with E-state index >= 15 is 0 Å². The van der Waals surface area contributed by atoms with E-state index in [1.807, 2.05) is 0 Å². The number of benzene rings is 1. The second kappa shape index (κ2) is 6.45. The molecule has 0 aliphatic heterocycles. The summed E-state index contributed by atoms with van der Waals surface area (Å²) in [5.41, 5.74) is 0.165. The Morgan fingerprint density at radius 3 is 2.58 bits per heavy atom. The molecule has 0 spiro atoms. The molecule has 3 rings (SSSR count). The predicted octanol–water partition coefficient (Wildman–Crippen LogP) is 3.14. The summed E-state index contributed by atoms with van der Waals surface area (Å²) in [5.74, 6) is -2.46. The van der Waals surface area contributed by atoms with Crippen molar-refractivity contribution in [2.45, 2.75) is 44.6 Å². The summed E-state index contributed by atoms with van der Waals surface area (Å²) in [6.07, 6.45) is 0.678. The maximum atomic E-state index is 13.9. The Bertz CT molecular complexity index is 772. The van der Waals surface area contributed by atoms with E-state index in [-0.39, 0.29) is 36.7 Å². The minimum Gasteiger partial charge on any atom is -0.278 e. The average Bonchev–Trinajstić information content (AvgIpc) is 2.79. The van der Waals surface area contributed by atoms with Crippen molar-refractivity contribution < 1.29 is 13.2 Å². The van der Waals surface area contributed by atoms with Crippen LogP contribution < -0.4 is 5.69 Å². The fourth-order valence-corrected chi connectivity index (χ4v) is 3.22. The molecular weight excluding hydrogens is 319 g/mol. The van der Waals surface area contributed by atoms with Crippen LogP contribution in [0.1, 0.15) is 37.1 Å². The molecule has 0 N–H and O–H groups in total. The molecule has 0 bridgehead atoms. The van der Waals surface area contributed by atoms with Gasteiger partial charge in [-0.3, -0.25) is 4.57 Å². The van der Waals surface area contributed by atoms with E-state index in [1.165, 1.54) is 15.3 Å². The first-order valence-corrected chi connectivity index (χ1v) is 8.10. The minimum absolute atomic E-state index is 0.0193. The normalized spacial score (nSPS) is 18.0. The van der Waals surface area contributed by atoms with E-state index in [0.717, 1.165) is 0 Å². The summed E-state index contributed by atoms with van der Waals surface area (Å²) in [6.45, 7) is 0.354. The monoisotopic (exact) mass is 339 g/mol. The second-order valence-electron chi connectivity index (χ2n) is 6.50. The van der Waals surface area contributed by atoms with Gasteiger partial charge >= 0.3 is 5.69 Å². The first-order chi connectivity index (χ1) is 11.4. The molecule has 0 saturated heterocycles. The summed E-state index contributed by atoms with van der Waals surface area (Å²) in [6, 6.07) is 6.35. The highest BCUT2D eigenvalue weighted by molar-refractivity contribution is 5.21. The molecule has 0 amide bonds. The Morgan fingerprint density at radius 2 is 1.92 bits per heavy atom. The van der Waals surface area contributed by atoms with Gasteiger partial charge in [-0.2, -0.15) is 5.10 Å². The zero-order valence-electron chi connectivity index (χ0n) is 13.5. The van der Waals surface area contributed by atoms with Gasteiger partial charge in [-0.15, -0.1) is 0 Å². The van der Waals surface area contributed by atoms with Gasteiger partial charge in [0.05, 0.1) is 0 Å². The number of aryl methyl sites for hydroxylation is 1. The highest BCUT2D eigenvalue weighted by Gasteiger charge is 2.35.